The molecule has 160 valence electrons. The predicted molar refractivity (Wildman–Crippen MR) is 122 cm³/mol. The minimum absolute atomic E-state index is 0.142. The molecule has 1 saturated heterocycles. The molecule has 0 radical (unpaired) electrons. The Labute approximate surface area is 190 Å². The molecule has 7 heteroatoms. The summed E-state index contributed by atoms with van der Waals surface area (Å²) in [4.78, 5) is 38.6. The Morgan fingerprint density at radius 3 is 2.47 bits per heavy atom. The summed E-state index contributed by atoms with van der Waals surface area (Å²) in [6.07, 6.45) is 1.44. The van der Waals surface area contributed by atoms with Crippen molar-refractivity contribution in [2.24, 2.45) is 0 Å². The van der Waals surface area contributed by atoms with Crippen LogP contribution in [0.15, 0.2) is 78.4 Å². The normalized spacial score (nSPS) is 15.1. The van der Waals surface area contributed by atoms with Crippen LogP contribution < -0.4 is 15.0 Å². The molecular formula is C25H19ClN2O4. The zero-order valence-electron chi connectivity index (χ0n) is 17.2. The van der Waals surface area contributed by atoms with Crippen LogP contribution >= 0.6 is 11.6 Å². The van der Waals surface area contributed by atoms with E-state index in [9.17, 15) is 14.4 Å². The second kappa shape index (κ2) is 9.08. The number of ether oxygens (including phenoxy) is 1. The van der Waals surface area contributed by atoms with Gasteiger partial charge < -0.3 is 4.74 Å². The Morgan fingerprint density at radius 2 is 1.72 bits per heavy atom. The number of carbonyl (C=O) groups excluding carboxylic acids is 3. The van der Waals surface area contributed by atoms with Crippen LogP contribution in [0.25, 0.3) is 6.08 Å². The SMILES string of the molecule is Cc1ccc(N2C(=O)NC(=O)/C(=C/c3cccc(OCc4cccc(Cl)c4)c3)C2=O)cc1. The average Bonchev–Trinajstić information content (AvgIpc) is 2.77. The summed E-state index contributed by atoms with van der Waals surface area (Å²) in [6, 6.07) is 20.4. The standard InChI is InChI=1S/C25H19ClN2O4/c1-16-8-10-20(11-9-16)28-24(30)22(23(29)27-25(28)31)14-17-4-3-7-21(13-17)32-15-18-5-2-6-19(26)12-18/h2-14H,15H2,1H3,(H,27,29,31)/b22-14-. The third-order valence-corrected chi connectivity index (χ3v) is 5.09. The highest BCUT2D eigenvalue weighted by Crippen LogP contribution is 2.24. The number of benzene rings is 3. The summed E-state index contributed by atoms with van der Waals surface area (Å²) in [5, 5.41) is 2.85. The number of barbiturate groups is 1. The van der Waals surface area contributed by atoms with Crippen molar-refractivity contribution in [1.82, 2.24) is 5.32 Å². The Hall–Kier alpha value is -3.90. The van der Waals surface area contributed by atoms with Crippen LogP contribution in [0.3, 0.4) is 0 Å². The van der Waals surface area contributed by atoms with Gasteiger partial charge in [-0.2, -0.15) is 0 Å². The molecule has 1 fully saturated rings. The van der Waals surface area contributed by atoms with Gasteiger partial charge in [0, 0.05) is 5.02 Å². The number of hydrogen-bond donors (Lipinski definition) is 1. The van der Waals surface area contributed by atoms with Crippen LogP contribution in [0.4, 0.5) is 10.5 Å². The van der Waals surface area contributed by atoms with Gasteiger partial charge in [-0.1, -0.05) is 53.6 Å². The number of hydrogen-bond acceptors (Lipinski definition) is 4. The topological polar surface area (TPSA) is 75.7 Å². The number of halogens is 1. The second-order valence-electron chi connectivity index (χ2n) is 7.28. The number of anilines is 1. The first-order valence-electron chi connectivity index (χ1n) is 9.86. The average molecular weight is 447 g/mol. The van der Waals surface area contributed by atoms with E-state index >= 15 is 0 Å². The molecule has 32 heavy (non-hydrogen) atoms. The number of nitrogens with one attached hydrogen (secondary N) is 1. The zero-order valence-corrected chi connectivity index (χ0v) is 17.9. The van der Waals surface area contributed by atoms with Gasteiger partial charge in [-0.05, 0) is 60.5 Å². The van der Waals surface area contributed by atoms with Crippen molar-refractivity contribution in [3.8, 4) is 5.75 Å². The number of carbonyl (C=O) groups is 3. The molecule has 4 rings (SSSR count). The molecule has 0 unspecified atom stereocenters. The Balaban J connectivity index is 1.57. The van der Waals surface area contributed by atoms with Gasteiger partial charge in [0.2, 0.25) is 0 Å². The molecule has 0 spiro atoms. The monoisotopic (exact) mass is 446 g/mol. The van der Waals surface area contributed by atoms with Gasteiger partial charge in [0.25, 0.3) is 11.8 Å². The highest BCUT2D eigenvalue weighted by Gasteiger charge is 2.36. The van der Waals surface area contributed by atoms with Crippen LogP contribution in [0.5, 0.6) is 5.75 Å². The fourth-order valence-corrected chi connectivity index (χ4v) is 3.45. The number of rotatable bonds is 5. The maximum absolute atomic E-state index is 13.0. The van der Waals surface area contributed by atoms with Crippen LogP contribution in [0.1, 0.15) is 16.7 Å². The molecule has 0 aromatic heterocycles. The van der Waals surface area contributed by atoms with Crippen LogP contribution in [-0.2, 0) is 16.2 Å². The lowest BCUT2D eigenvalue weighted by Gasteiger charge is -2.26. The van der Waals surface area contributed by atoms with Crippen molar-refractivity contribution in [3.05, 3.63) is 100 Å². The summed E-state index contributed by atoms with van der Waals surface area (Å²) in [6.45, 7) is 2.22. The van der Waals surface area contributed by atoms with E-state index in [0.717, 1.165) is 16.0 Å². The zero-order chi connectivity index (χ0) is 22.7. The third kappa shape index (κ3) is 4.71. The summed E-state index contributed by atoms with van der Waals surface area (Å²) < 4.78 is 5.81. The van der Waals surface area contributed by atoms with Crippen molar-refractivity contribution in [1.29, 1.82) is 0 Å². The molecule has 1 aliphatic heterocycles. The largest absolute Gasteiger partial charge is 0.489 e. The van der Waals surface area contributed by atoms with E-state index in [-0.39, 0.29) is 5.57 Å². The second-order valence-corrected chi connectivity index (χ2v) is 7.72. The molecule has 0 bridgehead atoms. The van der Waals surface area contributed by atoms with E-state index in [2.05, 4.69) is 5.32 Å². The molecule has 0 saturated carbocycles. The van der Waals surface area contributed by atoms with Gasteiger partial charge in [-0.15, -0.1) is 0 Å². The van der Waals surface area contributed by atoms with Gasteiger partial charge in [-0.25, -0.2) is 9.69 Å². The van der Waals surface area contributed by atoms with Gasteiger partial charge in [-0.3, -0.25) is 14.9 Å². The molecule has 0 aliphatic carbocycles. The number of aryl methyl sites for hydroxylation is 1. The maximum Gasteiger partial charge on any atom is 0.335 e. The molecular weight excluding hydrogens is 428 g/mol. The Morgan fingerprint density at radius 1 is 0.969 bits per heavy atom. The lowest BCUT2D eigenvalue weighted by molar-refractivity contribution is -0.122. The summed E-state index contributed by atoms with van der Waals surface area (Å²) >= 11 is 6.00. The molecule has 3 aromatic rings. The van der Waals surface area contributed by atoms with Crippen molar-refractivity contribution < 1.29 is 19.1 Å². The summed E-state index contributed by atoms with van der Waals surface area (Å²) in [5.74, 6) is -0.865. The third-order valence-electron chi connectivity index (χ3n) is 4.86. The highest BCUT2D eigenvalue weighted by atomic mass is 35.5. The van der Waals surface area contributed by atoms with Crippen molar-refractivity contribution in [3.63, 3.8) is 0 Å². The number of imide groups is 2. The summed E-state index contributed by atoms with van der Waals surface area (Å²) in [7, 11) is 0. The van der Waals surface area contributed by atoms with Crippen LogP contribution in [0.2, 0.25) is 5.02 Å². The number of nitrogens with zero attached hydrogens (tertiary/aromatic N) is 1. The molecule has 1 heterocycles. The predicted octanol–water partition coefficient (Wildman–Crippen LogP) is 4.89. The molecule has 1 N–H and O–H groups in total. The number of urea groups is 1. The Bertz CT molecular complexity index is 1230. The molecule has 3 aromatic carbocycles. The minimum Gasteiger partial charge on any atom is -0.489 e. The van der Waals surface area contributed by atoms with Gasteiger partial charge >= 0.3 is 6.03 Å². The molecule has 6 nitrogen and oxygen atoms in total. The summed E-state index contributed by atoms with van der Waals surface area (Å²) in [5.41, 5.74) is 2.73. The van der Waals surface area contributed by atoms with E-state index in [4.69, 9.17) is 16.3 Å². The van der Waals surface area contributed by atoms with Gasteiger partial charge in [0.1, 0.15) is 17.9 Å². The Kier molecular flexibility index (Phi) is 6.05. The quantitative estimate of drug-likeness (QED) is 0.447. The fourth-order valence-electron chi connectivity index (χ4n) is 3.24. The van der Waals surface area contributed by atoms with E-state index in [1.165, 1.54) is 6.08 Å². The lowest BCUT2D eigenvalue weighted by Crippen LogP contribution is -2.54. The lowest BCUT2D eigenvalue weighted by atomic mass is 10.1. The van der Waals surface area contributed by atoms with E-state index in [1.54, 1.807) is 54.6 Å². The highest BCUT2D eigenvalue weighted by molar-refractivity contribution is 6.39. The maximum atomic E-state index is 13.0. The molecule has 1 aliphatic rings. The van der Waals surface area contributed by atoms with Crippen molar-refractivity contribution in [2.45, 2.75) is 13.5 Å². The fraction of sp³-hybridized carbons (Fsp3) is 0.0800. The van der Waals surface area contributed by atoms with Crippen LogP contribution in [-0.4, -0.2) is 17.8 Å². The van der Waals surface area contributed by atoms with Crippen LogP contribution in [0, 0.1) is 6.92 Å². The van der Waals surface area contributed by atoms with Crippen molar-refractivity contribution >= 4 is 41.2 Å². The van der Waals surface area contributed by atoms with Gasteiger partial charge in [0.05, 0.1) is 5.69 Å². The first-order valence-corrected chi connectivity index (χ1v) is 10.2. The molecule has 0 atom stereocenters. The molecule has 4 amide bonds. The first-order chi connectivity index (χ1) is 15.4. The smallest absolute Gasteiger partial charge is 0.335 e. The van der Waals surface area contributed by atoms with Crippen molar-refractivity contribution in [2.75, 3.05) is 4.90 Å². The van der Waals surface area contributed by atoms with E-state index in [1.807, 2.05) is 25.1 Å². The van der Waals surface area contributed by atoms with E-state index in [0.29, 0.717) is 28.6 Å². The van der Waals surface area contributed by atoms with Gasteiger partial charge in [0.15, 0.2) is 0 Å². The first kappa shape index (κ1) is 21.3. The minimum atomic E-state index is -0.778. The van der Waals surface area contributed by atoms with E-state index < -0.39 is 17.8 Å². The number of amides is 4.